The molecule has 0 bridgehead atoms. The molecule has 2 aromatic rings. The Morgan fingerprint density at radius 1 is 1.08 bits per heavy atom. The molecule has 1 unspecified atom stereocenters. The van der Waals surface area contributed by atoms with Gasteiger partial charge in [-0.1, -0.05) is 37.3 Å². The molecule has 4 heteroatoms. The van der Waals surface area contributed by atoms with Gasteiger partial charge in [-0.3, -0.25) is 4.79 Å². The van der Waals surface area contributed by atoms with Gasteiger partial charge in [-0.15, -0.1) is 0 Å². The van der Waals surface area contributed by atoms with E-state index in [2.05, 4.69) is 36.1 Å². The van der Waals surface area contributed by atoms with E-state index in [4.69, 9.17) is 4.98 Å². The van der Waals surface area contributed by atoms with Crippen LogP contribution >= 0.6 is 0 Å². The van der Waals surface area contributed by atoms with Crippen LogP contribution in [0.2, 0.25) is 0 Å². The van der Waals surface area contributed by atoms with E-state index in [9.17, 15) is 4.79 Å². The molecule has 1 amide bonds. The number of anilines is 1. The lowest BCUT2D eigenvalue weighted by atomic mass is 10.00. The average molecular weight is 335 g/mol. The Bertz CT molecular complexity index is 773. The van der Waals surface area contributed by atoms with Gasteiger partial charge in [0.1, 0.15) is 11.5 Å². The number of hydrogen-bond acceptors (Lipinski definition) is 3. The highest BCUT2D eigenvalue weighted by Crippen LogP contribution is 2.24. The summed E-state index contributed by atoms with van der Waals surface area (Å²) >= 11 is 0. The maximum absolute atomic E-state index is 12.8. The third kappa shape index (κ3) is 3.39. The van der Waals surface area contributed by atoms with Crippen molar-refractivity contribution in [2.24, 2.45) is 5.92 Å². The second-order valence-corrected chi connectivity index (χ2v) is 7.32. The number of piperidine rings is 1. The Kier molecular flexibility index (Phi) is 4.43. The standard InChI is InChI=1S/C21H25N3O/c1-16-6-5-12-24(14-16)21(25)19-9-4-10-20(22-19)23-13-11-17-7-2-3-8-18(17)15-23/h2-4,7-10,16H,5-6,11-15H2,1H3. The van der Waals surface area contributed by atoms with Gasteiger partial charge in [0, 0.05) is 26.2 Å². The molecule has 1 aromatic heterocycles. The highest BCUT2D eigenvalue weighted by molar-refractivity contribution is 5.92. The van der Waals surface area contributed by atoms with Gasteiger partial charge in [-0.05, 0) is 48.4 Å². The third-order valence-corrected chi connectivity index (χ3v) is 5.35. The molecule has 1 aromatic carbocycles. The Morgan fingerprint density at radius 2 is 1.92 bits per heavy atom. The first-order chi connectivity index (χ1) is 12.2. The van der Waals surface area contributed by atoms with Crippen LogP contribution in [-0.4, -0.2) is 35.4 Å². The van der Waals surface area contributed by atoms with E-state index in [1.54, 1.807) is 0 Å². The van der Waals surface area contributed by atoms with Crippen LogP contribution in [-0.2, 0) is 13.0 Å². The van der Waals surface area contributed by atoms with E-state index in [1.807, 2.05) is 23.1 Å². The van der Waals surface area contributed by atoms with Crippen molar-refractivity contribution in [1.82, 2.24) is 9.88 Å². The second kappa shape index (κ2) is 6.87. The first kappa shape index (κ1) is 16.1. The average Bonchev–Trinajstić information content (AvgIpc) is 2.67. The molecule has 4 rings (SSSR count). The van der Waals surface area contributed by atoms with E-state index in [0.717, 1.165) is 44.8 Å². The molecule has 2 aliphatic rings. The number of pyridine rings is 1. The summed E-state index contributed by atoms with van der Waals surface area (Å²) in [5, 5.41) is 0. The molecule has 2 aliphatic heterocycles. The highest BCUT2D eigenvalue weighted by atomic mass is 16.2. The van der Waals surface area contributed by atoms with Crippen molar-refractivity contribution in [3.05, 3.63) is 59.3 Å². The van der Waals surface area contributed by atoms with Crippen LogP contribution in [0.4, 0.5) is 5.82 Å². The largest absolute Gasteiger partial charge is 0.352 e. The van der Waals surface area contributed by atoms with Crippen molar-refractivity contribution in [2.45, 2.75) is 32.7 Å². The SMILES string of the molecule is CC1CCCN(C(=O)c2cccc(N3CCc4ccccc4C3)n2)C1. The molecule has 0 N–H and O–H groups in total. The maximum atomic E-state index is 12.8. The van der Waals surface area contributed by atoms with Crippen molar-refractivity contribution in [2.75, 3.05) is 24.5 Å². The molecule has 1 atom stereocenters. The van der Waals surface area contributed by atoms with E-state index < -0.39 is 0 Å². The van der Waals surface area contributed by atoms with E-state index in [0.29, 0.717) is 11.6 Å². The van der Waals surface area contributed by atoms with Crippen molar-refractivity contribution in [3.8, 4) is 0 Å². The molecule has 0 aliphatic carbocycles. The molecule has 3 heterocycles. The van der Waals surface area contributed by atoms with Crippen LogP contribution in [0.5, 0.6) is 0 Å². The fourth-order valence-electron chi connectivity index (χ4n) is 3.95. The van der Waals surface area contributed by atoms with Gasteiger partial charge in [0.05, 0.1) is 0 Å². The lowest BCUT2D eigenvalue weighted by Gasteiger charge is -2.32. The minimum atomic E-state index is 0.0748. The summed E-state index contributed by atoms with van der Waals surface area (Å²) in [5.74, 6) is 1.57. The Labute approximate surface area is 149 Å². The molecule has 130 valence electrons. The monoisotopic (exact) mass is 335 g/mol. The fourth-order valence-corrected chi connectivity index (χ4v) is 3.95. The summed E-state index contributed by atoms with van der Waals surface area (Å²) in [7, 11) is 0. The fraction of sp³-hybridized carbons (Fsp3) is 0.429. The first-order valence-electron chi connectivity index (χ1n) is 9.29. The number of benzene rings is 1. The minimum absolute atomic E-state index is 0.0748. The summed E-state index contributed by atoms with van der Waals surface area (Å²) in [6.07, 6.45) is 3.33. The highest BCUT2D eigenvalue weighted by Gasteiger charge is 2.24. The summed E-state index contributed by atoms with van der Waals surface area (Å²) in [6.45, 7) is 5.73. The smallest absolute Gasteiger partial charge is 0.272 e. The number of likely N-dealkylation sites (tertiary alicyclic amines) is 1. The molecular formula is C21H25N3O. The van der Waals surface area contributed by atoms with Gasteiger partial charge in [0.25, 0.3) is 5.91 Å². The van der Waals surface area contributed by atoms with E-state index in [1.165, 1.54) is 17.5 Å². The van der Waals surface area contributed by atoms with Crippen LogP contribution in [0, 0.1) is 5.92 Å². The lowest BCUT2D eigenvalue weighted by Crippen LogP contribution is -2.39. The Morgan fingerprint density at radius 3 is 2.76 bits per heavy atom. The van der Waals surface area contributed by atoms with Crippen LogP contribution in [0.15, 0.2) is 42.5 Å². The quantitative estimate of drug-likeness (QED) is 0.842. The zero-order valence-corrected chi connectivity index (χ0v) is 14.8. The van der Waals surface area contributed by atoms with E-state index >= 15 is 0 Å². The maximum Gasteiger partial charge on any atom is 0.272 e. The van der Waals surface area contributed by atoms with Crippen molar-refractivity contribution >= 4 is 11.7 Å². The topological polar surface area (TPSA) is 36.4 Å². The zero-order valence-electron chi connectivity index (χ0n) is 14.8. The van der Waals surface area contributed by atoms with Crippen molar-refractivity contribution in [3.63, 3.8) is 0 Å². The number of aromatic nitrogens is 1. The van der Waals surface area contributed by atoms with Crippen molar-refractivity contribution < 1.29 is 4.79 Å². The van der Waals surface area contributed by atoms with Gasteiger partial charge >= 0.3 is 0 Å². The summed E-state index contributed by atoms with van der Waals surface area (Å²) in [4.78, 5) is 21.8. The van der Waals surface area contributed by atoms with E-state index in [-0.39, 0.29) is 5.91 Å². The molecule has 4 nitrogen and oxygen atoms in total. The second-order valence-electron chi connectivity index (χ2n) is 7.32. The van der Waals surface area contributed by atoms with Crippen LogP contribution in [0.1, 0.15) is 41.4 Å². The molecular weight excluding hydrogens is 310 g/mol. The van der Waals surface area contributed by atoms with Crippen LogP contribution < -0.4 is 4.90 Å². The number of carbonyl (C=O) groups excluding carboxylic acids is 1. The molecule has 0 radical (unpaired) electrons. The zero-order chi connectivity index (χ0) is 17.2. The predicted molar refractivity (Wildman–Crippen MR) is 99.7 cm³/mol. The van der Waals surface area contributed by atoms with Gasteiger partial charge in [0.2, 0.25) is 0 Å². The van der Waals surface area contributed by atoms with Gasteiger partial charge in [-0.2, -0.15) is 0 Å². The molecule has 25 heavy (non-hydrogen) atoms. The number of nitrogens with zero attached hydrogens (tertiary/aromatic N) is 3. The third-order valence-electron chi connectivity index (χ3n) is 5.35. The van der Waals surface area contributed by atoms with Gasteiger partial charge < -0.3 is 9.80 Å². The minimum Gasteiger partial charge on any atom is -0.352 e. The number of rotatable bonds is 2. The van der Waals surface area contributed by atoms with Crippen molar-refractivity contribution in [1.29, 1.82) is 0 Å². The summed E-state index contributed by atoms with van der Waals surface area (Å²) in [6, 6.07) is 14.4. The van der Waals surface area contributed by atoms with Gasteiger partial charge in [0.15, 0.2) is 0 Å². The summed E-state index contributed by atoms with van der Waals surface area (Å²) < 4.78 is 0. The molecule has 1 fully saturated rings. The summed E-state index contributed by atoms with van der Waals surface area (Å²) in [5.41, 5.74) is 3.36. The number of amides is 1. The normalized spacial score (nSPS) is 20.3. The molecule has 0 saturated carbocycles. The first-order valence-corrected chi connectivity index (χ1v) is 9.29. The van der Waals surface area contributed by atoms with Crippen LogP contribution in [0.25, 0.3) is 0 Å². The number of hydrogen-bond donors (Lipinski definition) is 0. The van der Waals surface area contributed by atoms with Gasteiger partial charge in [-0.25, -0.2) is 4.98 Å². The number of fused-ring (bicyclic) bond motifs is 1. The lowest BCUT2D eigenvalue weighted by molar-refractivity contribution is 0.0677. The Balaban J connectivity index is 1.53. The number of carbonyl (C=O) groups is 1. The molecule has 0 spiro atoms. The Hall–Kier alpha value is -2.36. The predicted octanol–water partition coefficient (Wildman–Crippen LogP) is 3.52. The van der Waals surface area contributed by atoms with Crippen LogP contribution in [0.3, 0.4) is 0 Å². The molecule has 1 saturated heterocycles.